The van der Waals surface area contributed by atoms with Crippen LogP contribution in [-0.4, -0.2) is 26.4 Å². The van der Waals surface area contributed by atoms with Crippen molar-refractivity contribution in [2.24, 2.45) is 0 Å². The molecule has 0 aromatic heterocycles. The Morgan fingerprint density at radius 3 is 2.88 bits per heavy atom. The number of benzene rings is 1. The van der Waals surface area contributed by atoms with Crippen molar-refractivity contribution in [3.05, 3.63) is 29.6 Å². The standard InChI is InChI=1S/C12H15F2NO/c1-16-12-3-2-8(6-10(12)13)9-4-5-15-7-11(9)14/h2-3,6,9,11,15H,4-5,7H2,1H3. The first-order chi connectivity index (χ1) is 7.72. The SMILES string of the molecule is COc1ccc(C2CCNCC2F)cc1F. The third kappa shape index (κ3) is 2.16. The molecule has 2 rings (SSSR count). The number of hydrogen-bond donors (Lipinski definition) is 1. The van der Waals surface area contributed by atoms with Gasteiger partial charge in [0.25, 0.3) is 0 Å². The van der Waals surface area contributed by atoms with E-state index in [9.17, 15) is 8.78 Å². The summed E-state index contributed by atoms with van der Waals surface area (Å²) in [7, 11) is 1.42. The van der Waals surface area contributed by atoms with Gasteiger partial charge in [-0.2, -0.15) is 0 Å². The molecule has 0 spiro atoms. The van der Waals surface area contributed by atoms with Crippen LogP contribution in [0.4, 0.5) is 8.78 Å². The lowest BCUT2D eigenvalue weighted by Gasteiger charge is -2.27. The highest BCUT2D eigenvalue weighted by Crippen LogP contribution is 2.30. The minimum absolute atomic E-state index is 0.202. The van der Waals surface area contributed by atoms with E-state index in [1.165, 1.54) is 13.2 Å². The molecule has 2 atom stereocenters. The Labute approximate surface area is 93.6 Å². The minimum Gasteiger partial charge on any atom is -0.494 e. The molecule has 88 valence electrons. The molecule has 1 aromatic carbocycles. The number of rotatable bonds is 2. The fraction of sp³-hybridized carbons (Fsp3) is 0.500. The quantitative estimate of drug-likeness (QED) is 0.836. The monoisotopic (exact) mass is 227 g/mol. The molecular formula is C12H15F2NO. The lowest BCUT2D eigenvalue weighted by molar-refractivity contribution is 0.231. The highest BCUT2D eigenvalue weighted by atomic mass is 19.1. The van der Waals surface area contributed by atoms with Crippen molar-refractivity contribution in [1.82, 2.24) is 5.32 Å². The van der Waals surface area contributed by atoms with Gasteiger partial charge in [0.05, 0.1) is 7.11 Å². The summed E-state index contributed by atoms with van der Waals surface area (Å²) in [5.41, 5.74) is 0.715. The molecule has 2 unspecified atom stereocenters. The Morgan fingerprint density at radius 1 is 1.44 bits per heavy atom. The maximum atomic E-state index is 13.6. The first-order valence-electron chi connectivity index (χ1n) is 5.40. The molecule has 0 amide bonds. The van der Waals surface area contributed by atoms with E-state index in [-0.39, 0.29) is 11.7 Å². The second-order valence-corrected chi connectivity index (χ2v) is 4.01. The maximum Gasteiger partial charge on any atom is 0.165 e. The third-order valence-electron chi connectivity index (χ3n) is 3.01. The molecule has 1 aliphatic heterocycles. The van der Waals surface area contributed by atoms with Crippen molar-refractivity contribution in [2.45, 2.75) is 18.5 Å². The summed E-state index contributed by atoms with van der Waals surface area (Å²) >= 11 is 0. The Balaban J connectivity index is 2.22. The van der Waals surface area contributed by atoms with Crippen LogP contribution < -0.4 is 10.1 Å². The molecule has 1 fully saturated rings. The van der Waals surface area contributed by atoms with Crippen molar-refractivity contribution < 1.29 is 13.5 Å². The fourth-order valence-corrected chi connectivity index (χ4v) is 2.11. The zero-order valence-electron chi connectivity index (χ0n) is 9.17. The van der Waals surface area contributed by atoms with Gasteiger partial charge in [-0.1, -0.05) is 6.07 Å². The molecule has 0 saturated carbocycles. The summed E-state index contributed by atoms with van der Waals surface area (Å²) in [5, 5.41) is 2.98. The van der Waals surface area contributed by atoms with Crippen LogP contribution >= 0.6 is 0 Å². The van der Waals surface area contributed by atoms with E-state index < -0.39 is 12.0 Å². The highest BCUT2D eigenvalue weighted by Gasteiger charge is 2.26. The lowest BCUT2D eigenvalue weighted by atomic mass is 9.88. The van der Waals surface area contributed by atoms with Crippen LogP contribution in [0.1, 0.15) is 17.9 Å². The van der Waals surface area contributed by atoms with Gasteiger partial charge in [0, 0.05) is 12.5 Å². The number of ether oxygens (including phenoxy) is 1. The van der Waals surface area contributed by atoms with E-state index in [2.05, 4.69) is 5.32 Å². The predicted octanol–water partition coefficient (Wildman–Crippen LogP) is 2.25. The van der Waals surface area contributed by atoms with Gasteiger partial charge in [0.2, 0.25) is 0 Å². The van der Waals surface area contributed by atoms with Crippen molar-refractivity contribution in [3.8, 4) is 5.75 Å². The Hall–Kier alpha value is -1.16. The van der Waals surface area contributed by atoms with E-state index in [0.29, 0.717) is 18.5 Å². The van der Waals surface area contributed by atoms with Crippen molar-refractivity contribution >= 4 is 0 Å². The molecule has 0 aliphatic carbocycles. The van der Waals surface area contributed by atoms with Crippen LogP contribution in [0, 0.1) is 5.82 Å². The van der Waals surface area contributed by atoms with Gasteiger partial charge in [-0.05, 0) is 30.7 Å². The second kappa shape index (κ2) is 4.78. The Kier molecular flexibility index (Phi) is 3.39. The number of methoxy groups -OCH3 is 1. The Bertz CT molecular complexity index is 370. The van der Waals surface area contributed by atoms with Gasteiger partial charge in [0.15, 0.2) is 11.6 Å². The maximum absolute atomic E-state index is 13.6. The number of piperidine rings is 1. The van der Waals surface area contributed by atoms with E-state index >= 15 is 0 Å². The molecule has 2 nitrogen and oxygen atoms in total. The normalized spacial score (nSPS) is 25.4. The topological polar surface area (TPSA) is 21.3 Å². The number of halogens is 2. The fourth-order valence-electron chi connectivity index (χ4n) is 2.11. The van der Waals surface area contributed by atoms with Crippen LogP contribution in [0.2, 0.25) is 0 Å². The van der Waals surface area contributed by atoms with E-state index in [0.717, 1.165) is 6.54 Å². The number of nitrogens with one attached hydrogen (secondary N) is 1. The van der Waals surface area contributed by atoms with Crippen molar-refractivity contribution in [1.29, 1.82) is 0 Å². The summed E-state index contributed by atoms with van der Waals surface area (Å²) < 4.78 is 31.9. The minimum atomic E-state index is -0.943. The molecule has 0 bridgehead atoms. The molecule has 1 N–H and O–H groups in total. The van der Waals surface area contributed by atoms with Gasteiger partial charge >= 0.3 is 0 Å². The van der Waals surface area contributed by atoms with Gasteiger partial charge in [-0.3, -0.25) is 0 Å². The average Bonchev–Trinajstić information content (AvgIpc) is 2.29. The first-order valence-corrected chi connectivity index (χ1v) is 5.40. The molecule has 1 aliphatic rings. The molecule has 16 heavy (non-hydrogen) atoms. The van der Waals surface area contributed by atoms with Gasteiger partial charge in [0.1, 0.15) is 6.17 Å². The third-order valence-corrected chi connectivity index (χ3v) is 3.01. The van der Waals surface area contributed by atoms with Crippen LogP contribution in [0.15, 0.2) is 18.2 Å². The molecule has 1 heterocycles. The van der Waals surface area contributed by atoms with E-state index in [1.54, 1.807) is 12.1 Å². The summed E-state index contributed by atoms with van der Waals surface area (Å²) in [6, 6.07) is 4.67. The second-order valence-electron chi connectivity index (χ2n) is 4.01. The first kappa shape index (κ1) is 11.3. The zero-order valence-corrected chi connectivity index (χ0v) is 9.17. The van der Waals surface area contributed by atoms with Crippen molar-refractivity contribution in [3.63, 3.8) is 0 Å². The van der Waals surface area contributed by atoms with E-state index in [1.807, 2.05) is 0 Å². The molecule has 1 saturated heterocycles. The summed E-state index contributed by atoms with van der Waals surface area (Å²) in [6.45, 7) is 1.12. The van der Waals surface area contributed by atoms with Crippen LogP contribution in [0.3, 0.4) is 0 Å². The van der Waals surface area contributed by atoms with Crippen molar-refractivity contribution in [2.75, 3.05) is 20.2 Å². The molecule has 1 aromatic rings. The average molecular weight is 227 g/mol. The van der Waals surface area contributed by atoms with Gasteiger partial charge < -0.3 is 10.1 Å². The van der Waals surface area contributed by atoms with Crippen LogP contribution in [0.25, 0.3) is 0 Å². The molecule has 4 heteroatoms. The van der Waals surface area contributed by atoms with Crippen LogP contribution in [-0.2, 0) is 0 Å². The highest BCUT2D eigenvalue weighted by molar-refractivity contribution is 5.32. The molecule has 0 radical (unpaired) electrons. The largest absolute Gasteiger partial charge is 0.494 e. The summed E-state index contributed by atoms with van der Waals surface area (Å²) in [6.07, 6.45) is -0.242. The van der Waals surface area contributed by atoms with E-state index in [4.69, 9.17) is 4.74 Å². The predicted molar refractivity (Wildman–Crippen MR) is 58.1 cm³/mol. The molecular weight excluding hydrogens is 212 g/mol. The number of alkyl halides is 1. The van der Waals surface area contributed by atoms with Crippen LogP contribution in [0.5, 0.6) is 5.75 Å². The summed E-state index contributed by atoms with van der Waals surface area (Å²) in [5.74, 6) is -0.430. The summed E-state index contributed by atoms with van der Waals surface area (Å²) in [4.78, 5) is 0. The Morgan fingerprint density at radius 2 is 2.25 bits per heavy atom. The lowest BCUT2D eigenvalue weighted by Crippen LogP contribution is -2.36. The van der Waals surface area contributed by atoms with Gasteiger partial charge in [-0.25, -0.2) is 8.78 Å². The number of hydrogen-bond acceptors (Lipinski definition) is 2. The van der Waals surface area contributed by atoms with Gasteiger partial charge in [-0.15, -0.1) is 0 Å². The smallest absolute Gasteiger partial charge is 0.165 e. The zero-order chi connectivity index (χ0) is 11.5.